The van der Waals surface area contributed by atoms with Crippen LogP contribution in [0, 0.1) is 17.8 Å². The number of nitrogens with two attached hydrogens (primary N) is 1. The normalized spacial score (nSPS) is 34.9. The Labute approximate surface area is 91.7 Å². The maximum absolute atomic E-state index is 10.7. The summed E-state index contributed by atoms with van der Waals surface area (Å²) >= 11 is 0. The molecule has 0 saturated heterocycles. The number of sulfonamides is 1. The Balaban J connectivity index is 1.63. The average molecular weight is 232 g/mol. The van der Waals surface area contributed by atoms with Gasteiger partial charge >= 0.3 is 0 Å². The second kappa shape index (κ2) is 4.39. The van der Waals surface area contributed by atoms with E-state index in [0.717, 1.165) is 24.3 Å². The molecule has 2 aliphatic carbocycles. The van der Waals surface area contributed by atoms with E-state index in [9.17, 15) is 8.42 Å². The predicted molar refractivity (Wildman–Crippen MR) is 59.8 cm³/mol. The van der Waals surface area contributed by atoms with E-state index in [-0.39, 0.29) is 5.75 Å². The minimum absolute atomic E-state index is 0.0494. The summed E-state index contributed by atoms with van der Waals surface area (Å²) in [5.74, 6) is 2.69. The first-order valence-electron chi connectivity index (χ1n) is 5.76. The van der Waals surface area contributed by atoms with Crippen LogP contribution in [0.1, 0.15) is 25.7 Å². The van der Waals surface area contributed by atoms with Gasteiger partial charge in [-0.1, -0.05) is 6.42 Å². The molecule has 0 aliphatic heterocycles. The fraction of sp³-hybridized carbons (Fsp3) is 1.00. The minimum Gasteiger partial charge on any atom is -0.315 e. The van der Waals surface area contributed by atoms with Crippen LogP contribution in [0.15, 0.2) is 0 Å². The van der Waals surface area contributed by atoms with Crippen molar-refractivity contribution in [1.29, 1.82) is 0 Å². The van der Waals surface area contributed by atoms with Crippen LogP contribution in [0.3, 0.4) is 0 Å². The minimum atomic E-state index is -3.29. The molecule has 0 aromatic rings. The van der Waals surface area contributed by atoms with Gasteiger partial charge < -0.3 is 5.32 Å². The highest BCUT2D eigenvalue weighted by molar-refractivity contribution is 7.89. The summed E-state index contributed by atoms with van der Waals surface area (Å²) in [6, 6.07) is 0. The first-order chi connectivity index (χ1) is 7.04. The zero-order valence-corrected chi connectivity index (χ0v) is 9.80. The van der Waals surface area contributed by atoms with E-state index in [0.29, 0.717) is 6.54 Å². The van der Waals surface area contributed by atoms with Crippen molar-refractivity contribution >= 4 is 10.0 Å². The number of fused-ring (bicyclic) bond motifs is 2. The Morgan fingerprint density at radius 3 is 2.60 bits per heavy atom. The van der Waals surface area contributed by atoms with Crippen LogP contribution >= 0.6 is 0 Å². The Kier molecular flexibility index (Phi) is 3.33. The van der Waals surface area contributed by atoms with Gasteiger partial charge in [-0.2, -0.15) is 0 Å². The molecule has 5 heteroatoms. The monoisotopic (exact) mass is 232 g/mol. The molecular weight excluding hydrogens is 212 g/mol. The molecular formula is C10H20N2O2S. The van der Waals surface area contributed by atoms with E-state index in [1.54, 1.807) is 0 Å². The molecule has 3 atom stereocenters. The van der Waals surface area contributed by atoms with Crippen molar-refractivity contribution in [2.75, 3.05) is 18.8 Å². The first kappa shape index (κ1) is 11.4. The zero-order chi connectivity index (χ0) is 10.9. The number of rotatable bonds is 5. The van der Waals surface area contributed by atoms with Gasteiger partial charge in [-0.3, -0.25) is 0 Å². The standard InChI is InChI=1S/C10H20N2O2S/c11-15(13,14)4-3-12-7-10-6-8-1-2-9(10)5-8/h8-10,12H,1-7H2,(H2,11,13,14). The van der Waals surface area contributed by atoms with E-state index in [1.807, 2.05) is 0 Å². The quantitative estimate of drug-likeness (QED) is 0.670. The molecule has 0 aromatic heterocycles. The van der Waals surface area contributed by atoms with Crippen LogP contribution in [-0.4, -0.2) is 27.3 Å². The lowest BCUT2D eigenvalue weighted by Gasteiger charge is -2.21. The third-order valence-electron chi connectivity index (χ3n) is 3.85. The molecule has 0 spiro atoms. The number of hydrogen-bond donors (Lipinski definition) is 2. The zero-order valence-electron chi connectivity index (χ0n) is 8.98. The van der Waals surface area contributed by atoms with E-state index in [4.69, 9.17) is 5.14 Å². The third kappa shape index (κ3) is 3.16. The number of primary sulfonamides is 1. The molecule has 4 nitrogen and oxygen atoms in total. The summed E-state index contributed by atoms with van der Waals surface area (Å²) < 4.78 is 21.4. The van der Waals surface area contributed by atoms with Crippen molar-refractivity contribution in [3.63, 3.8) is 0 Å². The van der Waals surface area contributed by atoms with Gasteiger partial charge in [0.25, 0.3) is 0 Å². The van der Waals surface area contributed by atoms with Gasteiger partial charge in [0.05, 0.1) is 5.75 Å². The molecule has 88 valence electrons. The maximum Gasteiger partial charge on any atom is 0.210 e. The fourth-order valence-corrected chi connectivity index (χ4v) is 3.56. The lowest BCUT2D eigenvalue weighted by atomic mass is 9.89. The van der Waals surface area contributed by atoms with Crippen molar-refractivity contribution in [2.45, 2.75) is 25.7 Å². The molecule has 0 amide bonds. The molecule has 2 saturated carbocycles. The Bertz CT molecular complexity index is 315. The topological polar surface area (TPSA) is 72.2 Å². The SMILES string of the molecule is NS(=O)(=O)CCNCC1CC2CCC1C2. The highest BCUT2D eigenvalue weighted by Gasteiger charge is 2.38. The van der Waals surface area contributed by atoms with E-state index in [1.165, 1.54) is 25.7 Å². The third-order valence-corrected chi connectivity index (χ3v) is 4.63. The second-order valence-electron chi connectivity index (χ2n) is 5.01. The number of hydrogen-bond acceptors (Lipinski definition) is 3. The van der Waals surface area contributed by atoms with Crippen LogP contribution in [0.2, 0.25) is 0 Å². The molecule has 0 aromatic carbocycles. The molecule has 3 N–H and O–H groups in total. The van der Waals surface area contributed by atoms with Gasteiger partial charge in [0.2, 0.25) is 10.0 Å². The van der Waals surface area contributed by atoms with Crippen LogP contribution in [0.5, 0.6) is 0 Å². The Morgan fingerprint density at radius 1 is 1.27 bits per heavy atom. The Hall–Kier alpha value is -0.130. The predicted octanol–water partition coefficient (Wildman–Crippen LogP) is 0.301. The maximum atomic E-state index is 10.7. The largest absolute Gasteiger partial charge is 0.315 e. The van der Waals surface area contributed by atoms with Crippen molar-refractivity contribution in [3.8, 4) is 0 Å². The summed E-state index contributed by atoms with van der Waals surface area (Å²) in [5.41, 5.74) is 0. The second-order valence-corrected chi connectivity index (χ2v) is 6.74. The highest BCUT2D eigenvalue weighted by Crippen LogP contribution is 2.47. The lowest BCUT2D eigenvalue weighted by Crippen LogP contribution is -2.32. The van der Waals surface area contributed by atoms with Crippen molar-refractivity contribution in [2.24, 2.45) is 22.9 Å². The van der Waals surface area contributed by atoms with E-state index < -0.39 is 10.0 Å². The van der Waals surface area contributed by atoms with E-state index in [2.05, 4.69) is 5.32 Å². The molecule has 2 bridgehead atoms. The van der Waals surface area contributed by atoms with Crippen molar-refractivity contribution in [3.05, 3.63) is 0 Å². The van der Waals surface area contributed by atoms with Crippen molar-refractivity contribution < 1.29 is 8.42 Å². The fourth-order valence-electron chi connectivity index (χ4n) is 3.13. The van der Waals surface area contributed by atoms with Crippen LogP contribution in [0.4, 0.5) is 0 Å². The molecule has 15 heavy (non-hydrogen) atoms. The van der Waals surface area contributed by atoms with E-state index >= 15 is 0 Å². The van der Waals surface area contributed by atoms with Gasteiger partial charge in [-0.15, -0.1) is 0 Å². The summed E-state index contributed by atoms with van der Waals surface area (Å²) in [4.78, 5) is 0. The van der Waals surface area contributed by atoms with Gasteiger partial charge in [0.1, 0.15) is 0 Å². The van der Waals surface area contributed by atoms with Crippen LogP contribution < -0.4 is 10.5 Å². The lowest BCUT2D eigenvalue weighted by molar-refractivity contribution is 0.321. The summed E-state index contributed by atoms with van der Waals surface area (Å²) in [6.07, 6.45) is 5.54. The molecule has 2 rings (SSSR count). The van der Waals surface area contributed by atoms with Gasteiger partial charge in [-0.05, 0) is 43.6 Å². The van der Waals surface area contributed by atoms with Gasteiger partial charge in [0, 0.05) is 6.54 Å². The van der Waals surface area contributed by atoms with Gasteiger partial charge in [-0.25, -0.2) is 13.6 Å². The summed E-state index contributed by atoms with van der Waals surface area (Å²) in [5, 5.41) is 8.13. The Morgan fingerprint density at radius 2 is 2.07 bits per heavy atom. The van der Waals surface area contributed by atoms with Crippen LogP contribution in [-0.2, 0) is 10.0 Å². The summed E-state index contributed by atoms with van der Waals surface area (Å²) in [6.45, 7) is 1.46. The molecule has 3 unspecified atom stereocenters. The molecule has 2 aliphatic rings. The highest BCUT2D eigenvalue weighted by atomic mass is 32.2. The number of nitrogens with one attached hydrogen (secondary N) is 1. The smallest absolute Gasteiger partial charge is 0.210 e. The first-order valence-corrected chi connectivity index (χ1v) is 7.47. The average Bonchev–Trinajstić information content (AvgIpc) is 2.71. The molecule has 0 radical (unpaired) electrons. The summed E-state index contributed by atoms with van der Waals surface area (Å²) in [7, 11) is -3.29. The molecule has 2 fully saturated rings. The molecule has 0 heterocycles. The van der Waals surface area contributed by atoms with Crippen molar-refractivity contribution in [1.82, 2.24) is 5.32 Å². The van der Waals surface area contributed by atoms with Crippen LogP contribution in [0.25, 0.3) is 0 Å². The van der Waals surface area contributed by atoms with Gasteiger partial charge in [0.15, 0.2) is 0 Å².